The quantitative estimate of drug-likeness (QED) is 0.678. The molecule has 0 aliphatic carbocycles. The number of rotatable bonds is 4. The van der Waals surface area contributed by atoms with E-state index in [-0.39, 0.29) is 11.5 Å². The van der Waals surface area contributed by atoms with Crippen LogP contribution in [0.3, 0.4) is 0 Å². The molecular weight excluding hydrogens is 267 g/mol. The Hall–Kier alpha value is -2.56. The largest absolute Gasteiger partial charge is 0.359 e. The second-order valence-electron chi connectivity index (χ2n) is 3.97. The van der Waals surface area contributed by atoms with E-state index >= 15 is 0 Å². The van der Waals surface area contributed by atoms with Crippen LogP contribution < -0.4 is 5.32 Å². The van der Waals surface area contributed by atoms with Gasteiger partial charge in [-0.05, 0) is 36.4 Å². The van der Waals surface area contributed by atoms with Gasteiger partial charge in [-0.25, -0.2) is 13.2 Å². The number of nitrogens with one attached hydrogen (secondary N) is 1. The van der Waals surface area contributed by atoms with Crippen LogP contribution in [0.15, 0.2) is 54.7 Å². The number of benzene rings is 2. The van der Waals surface area contributed by atoms with Crippen molar-refractivity contribution in [3.05, 3.63) is 77.8 Å². The first-order valence-corrected chi connectivity index (χ1v) is 5.74. The second kappa shape index (κ2) is 6.06. The van der Waals surface area contributed by atoms with Crippen LogP contribution >= 0.6 is 0 Å². The van der Waals surface area contributed by atoms with E-state index in [9.17, 15) is 18.0 Å². The number of hydrogen-bond acceptors (Lipinski definition) is 2. The van der Waals surface area contributed by atoms with Crippen molar-refractivity contribution in [2.45, 2.75) is 0 Å². The van der Waals surface area contributed by atoms with Gasteiger partial charge in [-0.2, -0.15) is 0 Å². The molecule has 0 aliphatic rings. The molecule has 2 aromatic rings. The summed E-state index contributed by atoms with van der Waals surface area (Å²) >= 11 is 0. The molecular formula is C15H10F3NO. The highest BCUT2D eigenvalue weighted by atomic mass is 19.1. The van der Waals surface area contributed by atoms with Crippen molar-refractivity contribution in [2.75, 3.05) is 5.32 Å². The molecule has 2 nitrogen and oxygen atoms in total. The van der Waals surface area contributed by atoms with E-state index in [2.05, 4.69) is 5.32 Å². The van der Waals surface area contributed by atoms with Crippen LogP contribution in [0.5, 0.6) is 0 Å². The summed E-state index contributed by atoms with van der Waals surface area (Å²) in [6, 6.07) is 8.10. The van der Waals surface area contributed by atoms with E-state index in [1.54, 1.807) is 0 Å². The fraction of sp³-hybridized carbons (Fsp3) is 0. The zero-order valence-electron chi connectivity index (χ0n) is 10.2. The summed E-state index contributed by atoms with van der Waals surface area (Å²) < 4.78 is 38.6. The van der Waals surface area contributed by atoms with Crippen LogP contribution in [-0.4, -0.2) is 5.78 Å². The Morgan fingerprint density at radius 1 is 0.950 bits per heavy atom. The number of carbonyl (C=O) groups is 1. The molecule has 5 heteroatoms. The van der Waals surface area contributed by atoms with Crippen molar-refractivity contribution in [1.29, 1.82) is 0 Å². The molecule has 1 N–H and O–H groups in total. The average Bonchev–Trinajstić information content (AvgIpc) is 2.42. The normalized spacial score (nSPS) is 10.8. The van der Waals surface area contributed by atoms with Gasteiger partial charge in [0.2, 0.25) is 0 Å². The Morgan fingerprint density at radius 3 is 2.25 bits per heavy atom. The van der Waals surface area contributed by atoms with Gasteiger partial charge < -0.3 is 5.32 Å². The summed E-state index contributed by atoms with van der Waals surface area (Å²) in [5.41, 5.74) is 0.360. The minimum Gasteiger partial charge on any atom is -0.359 e. The van der Waals surface area contributed by atoms with Gasteiger partial charge >= 0.3 is 0 Å². The first kappa shape index (κ1) is 13.9. The van der Waals surface area contributed by atoms with Crippen LogP contribution in [0, 0.1) is 17.5 Å². The fourth-order valence-electron chi connectivity index (χ4n) is 1.52. The lowest BCUT2D eigenvalue weighted by atomic mass is 10.1. The highest BCUT2D eigenvalue weighted by Gasteiger charge is 2.03. The summed E-state index contributed by atoms with van der Waals surface area (Å²) in [5, 5.41) is 2.54. The molecule has 20 heavy (non-hydrogen) atoms. The highest BCUT2D eigenvalue weighted by molar-refractivity contribution is 6.04. The van der Waals surface area contributed by atoms with Crippen LogP contribution in [0.2, 0.25) is 0 Å². The third-order valence-electron chi connectivity index (χ3n) is 2.53. The number of ketones is 1. The van der Waals surface area contributed by atoms with Crippen LogP contribution in [0.1, 0.15) is 10.4 Å². The number of halogens is 3. The molecule has 0 spiro atoms. The summed E-state index contributed by atoms with van der Waals surface area (Å²) in [6.45, 7) is 0. The van der Waals surface area contributed by atoms with E-state index < -0.39 is 17.5 Å². The van der Waals surface area contributed by atoms with E-state index in [0.29, 0.717) is 5.56 Å². The van der Waals surface area contributed by atoms with E-state index in [1.807, 2.05) is 0 Å². The summed E-state index contributed by atoms with van der Waals surface area (Å²) in [7, 11) is 0. The molecule has 0 saturated heterocycles. The van der Waals surface area contributed by atoms with E-state index in [4.69, 9.17) is 0 Å². The molecule has 0 amide bonds. The van der Waals surface area contributed by atoms with Gasteiger partial charge in [-0.1, -0.05) is 0 Å². The van der Waals surface area contributed by atoms with Crippen LogP contribution in [0.25, 0.3) is 0 Å². The smallest absolute Gasteiger partial charge is 0.187 e. The summed E-state index contributed by atoms with van der Waals surface area (Å²) in [6.07, 6.45) is 2.41. The molecule has 0 fully saturated rings. The Bertz CT molecular complexity index is 651. The lowest BCUT2D eigenvalue weighted by Gasteiger charge is -2.02. The number of hydrogen-bond donors (Lipinski definition) is 1. The first-order valence-electron chi connectivity index (χ1n) is 5.74. The van der Waals surface area contributed by atoms with Crippen molar-refractivity contribution < 1.29 is 18.0 Å². The molecule has 0 unspecified atom stereocenters. The van der Waals surface area contributed by atoms with Gasteiger partial charge in [-0.3, -0.25) is 4.79 Å². The molecule has 0 aromatic heterocycles. The fourth-order valence-corrected chi connectivity index (χ4v) is 1.52. The van der Waals surface area contributed by atoms with Crippen LogP contribution in [-0.2, 0) is 0 Å². The topological polar surface area (TPSA) is 29.1 Å². The first-order chi connectivity index (χ1) is 9.56. The van der Waals surface area contributed by atoms with Gasteiger partial charge in [0.1, 0.15) is 17.5 Å². The minimum atomic E-state index is -0.760. The maximum atomic E-state index is 13.3. The van der Waals surface area contributed by atoms with Crippen molar-refractivity contribution in [2.24, 2.45) is 0 Å². The lowest BCUT2D eigenvalue weighted by molar-refractivity contribution is 0.104. The Kier molecular flexibility index (Phi) is 4.20. The maximum absolute atomic E-state index is 13.3. The minimum absolute atomic E-state index is 0.0505. The van der Waals surface area contributed by atoms with Gasteiger partial charge in [-0.15, -0.1) is 0 Å². The zero-order valence-corrected chi connectivity index (χ0v) is 10.2. The SMILES string of the molecule is O=C(C=CNc1ccc(F)cc1F)c1ccc(F)cc1. The predicted molar refractivity (Wildman–Crippen MR) is 69.9 cm³/mol. The molecule has 0 heterocycles. The summed E-state index contributed by atoms with van der Waals surface area (Å²) in [5.74, 6) is -2.24. The van der Waals surface area contributed by atoms with Gasteiger partial charge in [0, 0.05) is 23.9 Å². The summed E-state index contributed by atoms with van der Waals surface area (Å²) in [4.78, 5) is 11.7. The number of allylic oxidation sites excluding steroid dienone is 1. The Balaban J connectivity index is 2.02. The standard InChI is InChI=1S/C15H10F3NO/c16-11-3-1-10(2-4-11)15(20)7-8-19-14-6-5-12(17)9-13(14)18/h1-9,19H. The maximum Gasteiger partial charge on any atom is 0.187 e. The molecule has 0 aliphatic heterocycles. The Morgan fingerprint density at radius 2 is 1.60 bits per heavy atom. The number of carbonyl (C=O) groups excluding carboxylic acids is 1. The molecule has 2 rings (SSSR count). The molecule has 102 valence electrons. The van der Waals surface area contributed by atoms with Crippen LogP contribution in [0.4, 0.5) is 18.9 Å². The highest BCUT2D eigenvalue weighted by Crippen LogP contribution is 2.14. The third-order valence-corrected chi connectivity index (χ3v) is 2.53. The van der Waals surface area contributed by atoms with Crippen molar-refractivity contribution in [3.63, 3.8) is 0 Å². The van der Waals surface area contributed by atoms with Gasteiger partial charge in [0.15, 0.2) is 5.78 Å². The molecule has 0 radical (unpaired) electrons. The van der Waals surface area contributed by atoms with Gasteiger partial charge in [0.25, 0.3) is 0 Å². The molecule has 0 atom stereocenters. The molecule has 0 saturated carbocycles. The number of anilines is 1. The van der Waals surface area contributed by atoms with Gasteiger partial charge in [0.05, 0.1) is 5.69 Å². The molecule has 2 aromatic carbocycles. The molecule has 0 bridgehead atoms. The third kappa shape index (κ3) is 3.47. The average molecular weight is 277 g/mol. The van der Waals surface area contributed by atoms with Crippen molar-refractivity contribution in [1.82, 2.24) is 0 Å². The Labute approximate surface area is 113 Å². The van der Waals surface area contributed by atoms with Crippen molar-refractivity contribution in [3.8, 4) is 0 Å². The predicted octanol–water partition coefficient (Wildman–Crippen LogP) is 3.91. The monoisotopic (exact) mass is 277 g/mol. The van der Waals surface area contributed by atoms with E-state index in [1.165, 1.54) is 42.6 Å². The zero-order chi connectivity index (χ0) is 14.5. The van der Waals surface area contributed by atoms with E-state index in [0.717, 1.165) is 12.1 Å². The lowest BCUT2D eigenvalue weighted by Crippen LogP contribution is -1.97. The second-order valence-corrected chi connectivity index (χ2v) is 3.97. The van der Waals surface area contributed by atoms with Crippen molar-refractivity contribution >= 4 is 11.5 Å².